The minimum Gasteiger partial charge on any atom is -0.327 e. The minimum absolute atomic E-state index is 0.383. The number of nitrogens with zero attached hydrogens (tertiary/aromatic N) is 2. The summed E-state index contributed by atoms with van der Waals surface area (Å²) in [6.45, 7) is 4.35. The number of aryl methyl sites for hydroxylation is 2. The van der Waals surface area contributed by atoms with Crippen LogP contribution in [0.1, 0.15) is 50.4 Å². The van der Waals surface area contributed by atoms with E-state index in [-0.39, 0.29) is 0 Å². The van der Waals surface area contributed by atoms with E-state index >= 15 is 0 Å². The van der Waals surface area contributed by atoms with Gasteiger partial charge in [-0.3, -0.25) is 4.68 Å². The van der Waals surface area contributed by atoms with E-state index in [0.29, 0.717) is 12.0 Å². The van der Waals surface area contributed by atoms with Gasteiger partial charge in [0, 0.05) is 18.8 Å². The van der Waals surface area contributed by atoms with E-state index in [1.54, 1.807) is 0 Å². The van der Waals surface area contributed by atoms with Crippen molar-refractivity contribution in [2.45, 2.75) is 58.4 Å². The van der Waals surface area contributed by atoms with Crippen LogP contribution >= 0.6 is 0 Å². The summed E-state index contributed by atoms with van der Waals surface area (Å²) in [5.41, 5.74) is 8.76. The minimum atomic E-state index is 0.383. The van der Waals surface area contributed by atoms with E-state index in [4.69, 9.17) is 5.73 Å². The van der Waals surface area contributed by atoms with Crippen molar-refractivity contribution >= 4 is 0 Å². The second-order valence-corrected chi connectivity index (χ2v) is 6.00. The first kappa shape index (κ1) is 13.6. The molecular formula is C15H27N3. The molecule has 0 saturated heterocycles. The van der Waals surface area contributed by atoms with Gasteiger partial charge >= 0.3 is 0 Å². The van der Waals surface area contributed by atoms with Gasteiger partial charge in [-0.2, -0.15) is 5.10 Å². The molecule has 1 aliphatic carbocycles. The van der Waals surface area contributed by atoms with Crippen molar-refractivity contribution in [3.05, 3.63) is 17.5 Å². The molecule has 18 heavy (non-hydrogen) atoms. The summed E-state index contributed by atoms with van der Waals surface area (Å²) in [4.78, 5) is 0. The third-order valence-corrected chi connectivity index (χ3v) is 4.42. The molecule has 1 aromatic heterocycles. The van der Waals surface area contributed by atoms with Gasteiger partial charge in [0.15, 0.2) is 0 Å². The average Bonchev–Trinajstić information content (AvgIpc) is 2.62. The topological polar surface area (TPSA) is 43.8 Å². The molecule has 3 heteroatoms. The molecule has 102 valence electrons. The van der Waals surface area contributed by atoms with E-state index in [2.05, 4.69) is 25.0 Å². The Labute approximate surface area is 111 Å². The summed E-state index contributed by atoms with van der Waals surface area (Å²) < 4.78 is 2.02. The molecule has 0 aliphatic heterocycles. The quantitative estimate of drug-likeness (QED) is 0.891. The Morgan fingerprint density at radius 2 is 2.22 bits per heavy atom. The van der Waals surface area contributed by atoms with Crippen LogP contribution in [-0.2, 0) is 13.5 Å². The molecule has 3 atom stereocenters. The van der Waals surface area contributed by atoms with Gasteiger partial charge in [-0.25, -0.2) is 0 Å². The average molecular weight is 249 g/mol. The summed E-state index contributed by atoms with van der Waals surface area (Å²) in [6, 6.07) is 2.59. The van der Waals surface area contributed by atoms with Crippen molar-refractivity contribution < 1.29 is 0 Å². The number of rotatable bonds is 4. The third kappa shape index (κ3) is 3.14. The number of hydrogen-bond acceptors (Lipinski definition) is 2. The Morgan fingerprint density at radius 1 is 1.44 bits per heavy atom. The van der Waals surface area contributed by atoms with Gasteiger partial charge in [-0.05, 0) is 50.5 Å². The second kappa shape index (κ2) is 5.87. The molecule has 1 heterocycles. The third-order valence-electron chi connectivity index (χ3n) is 4.42. The van der Waals surface area contributed by atoms with Gasteiger partial charge in [0.25, 0.3) is 0 Å². The van der Waals surface area contributed by atoms with E-state index in [1.807, 2.05) is 11.7 Å². The zero-order valence-electron chi connectivity index (χ0n) is 12.0. The molecule has 1 saturated carbocycles. The van der Waals surface area contributed by atoms with Crippen LogP contribution in [0.2, 0.25) is 0 Å². The van der Waals surface area contributed by atoms with Crippen molar-refractivity contribution in [1.29, 1.82) is 0 Å². The van der Waals surface area contributed by atoms with Crippen LogP contribution in [-0.4, -0.2) is 15.8 Å². The lowest BCUT2D eigenvalue weighted by molar-refractivity contribution is 0.219. The van der Waals surface area contributed by atoms with Crippen LogP contribution in [0.4, 0.5) is 0 Å². The molecule has 2 rings (SSSR count). The predicted molar refractivity (Wildman–Crippen MR) is 75.4 cm³/mol. The van der Waals surface area contributed by atoms with Crippen LogP contribution in [0.5, 0.6) is 0 Å². The molecule has 1 aromatic rings. The molecule has 2 N–H and O–H groups in total. The number of nitrogens with two attached hydrogens (primary N) is 1. The highest BCUT2D eigenvalue weighted by atomic mass is 15.3. The van der Waals surface area contributed by atoms with Gasteiger partial charge in [-0.1, -0.05) is 19.8 Å². The monoisotopic (exact) mass is 249 g/mol. The van der Waals surface area contributed by atoms with Crippen molar-refractivity contribution in [3.63, 3.8) is 0 Å². The molecule has 1 fully saturated rings. The van der Waals surface area contributed by atoms with E-state index in [1.165, 1.54) is 37.8 Å². The SMILES string of the molecule is CCCC1CCC(N)C(Cc2cc(C)nn2C)C1. The first-order valence-corrected chi connectivity index (χ1v) is 7.35. The maximum atomic E-state index is 6.31. The molecule has 3 unspecified atom stereocenters. The second-order valence-electron chi connectivity index (χ2n) is 6.00. The van der Waals surface area contributed by atoms with Crippen LogP contribution in [0.3, 0.4) is 0 Å². The van der Waals surface area contributed by atoms with Crippen LogP contribution in [0.15, 0.2) is 6.07 Å². The summed E-state index contributed by atoms with van der Waals surface area (Å²) in [5, 5.41) is 4.43. The maximum absolute atomic E-state index is 6.31. The van der Waals surface area contributed by atoms with Gasteiger partial charge in [0.2, 0.25) is 0 Å². The highest BCUT2D eigenvalue weighted by molar-refractivity contribution is 5.10. The molecular weight excluding hydrogens is 222 g/mol. The Morgan fingerprint density at radius 3 is 2.83 bits per heavy atom. The summed E-state index contributed by atoms with van der Waals surface area (Å²) in [5.74, 6) is 1.54. The number of aromatic nitrogens is 2. The normalized spacial score (nSPS) is 28.6. The fourth-order valence-electron chi connectivity index (χ4n) is 3.41. The first-order chi connectivity index (χ1) is 8.60. The fourth-order valence-corrected chi connectivity index (χ4v) is 3.41. The summed E-state index contributed by atoms with van der Waals surface area (Å²) in [7, 11) is 2.04. The van der Waals surface area contributed by atoms with Gasteiger partial charge in [-0.15, -0.1) is 0 Å². The van der Waals surface area contributed by atoms with Gasteiger partial charge in [0.1, 0.15) is 0 Å². The van der Waals surface area contributed by atoms with Crippen LogP contribution in [0.25, 0.3) is 0 Å². The lowest BCUT2D eigenvalue weighted by atomic mass is 9.75. The largest absolute Gasteiger partial charge is 0.327 e. The molecule has 0 radical (unpaired) electrons. The standard InChI is InChI=1S/C15H27N3/c1-4-5-12-6-7-15(16)13(9-12)10-14-8-11(2)17-18(14)3/h8,12-13,15H,4-7,9-10,16H2,1-3H3. The number of hydrogen-bond donors (Lipinski definition) is 1. The van der Waals surface area contributed by atoms with Crippen molar-refractivity contribution in [2.75, 3.05) is 0 Å². The zero-order chi connectivity index (χ0) is 13.1. The summed E-state index contributed by atoms with van der Waals surface area (Å²) in [6.07, 6.45) is 7.60. The van der Waals surface area contributed by atoms with E-state index in [0.717, 1.165) is 18.0 Å². The highest BCUT2D eigenvalue weighted by Gasteiger charge is 2.28. The van der Waals surface area contributed by atoms with Crippen molar-refractivity contribution in [3.8, 4) is 0 Å². The fraction of sp³-hybridized carbons (Fsp3) is 0.800. The molecule has 0 spiro atoms. The predicted octanol–water partition coefficient (Wildman–Crippen LogP) is 2.81. The Balaban J connectivity index is 2.00. The lowest BCUT2D eigenvalue weighted by Gasteiger charge is -2.34. The Hall–Kier alpha value is -0.830. The van der Waals surface area contributed by atoms with Crippen molar-refractivity contribution in [1.82, 2.24) is 9.78 Å². The molecule has 3 nitrogen and oxygen atoms in total. The Kier molecular flexibility index (Phi) is 4.44. The molecule has 0 aromatic carbocycles. The van der Waals surface area contributed by atoms with Crippen LogP contribution < -0.4 is 5.73 Å². The van der Waals surface area contributed by atoms with Gasteiger partial charge in [0.05, 0.1) is 5.69 Å². The molecule has 0 amide bonds. The first-order valence-electron chi connectivity index (χ1n) is 7.35. The van der Waals surface area contributed by atoms with E-state index < -0.39 is 0 Å². The Bertz CT molecular complexity index is 383. The summed E-state index contributed by atoms with van der Waals surface area (Å²) >= 11 is 0. The zero-order valence-corrected chi connectivity index (χ0v) is 12.0. The van der Waals surface area contributed by atoms with Crippen molar-refractivity contribution in [2.24, 2.45) is 24.6 Å². The molecule has 0 bridgehead atoms. The smallest absolute Gasteiger partial charge is 0.0596 e. The highest BCUT2D eigenvalue weighted by Crippen LogP contribution is 2.33. The molecule has 1 aliphatic rings. The maximum Gasteiger partial charge on any atom is 0.0596 e. The van der Waals surface area contributed by atoms with E-state index in [9.17, 15) is 0 Å². The van der Waals surface area contributed by atoms with Gasteiger partial charge < -0.3 is 5.73 Å². The van der Waals surface area contributed by atoms with Crippen LogP contribution in [0, 0.1) is 18.8 Å². The lowest BCUT2D eigenvalue weighted by Crippen LogP contribution is -2.37.